The summed E-state index contributed by atoms with van der Waals surface area (Å²) >= 11 is 2.09. The third-order valence-electron chi connectivity index (χ3n) is 3.72. The summed E-state index contributed by atoms with van der Waals surface area (Å²) in [6, 6.07) is 7.64. The van der Waals surface area contributed by atoms with Crippen LogP contribution in [0.3, 0.4) is 0 Å². The van der Waals surface area contributed by atoms with Gasteiger partial charge in [-0.2, -0.15) is 4.31 Å². The molecule has 0 aliphatic carbocycles. The van der Waals surface area contributed by atoms with E-state index in [9.17, 15) is 8.42 Å². The molecule has 2 unspecified atom stereocenters. The maximum absolute atomic E-state index is 12.7. The first-order chi connectivity index (χ1) is 8.59. The SMILES string of the molecule is O=S(=O)(c1ccccc1I)N1CC2CCC1CN2. The molecular weight excluding hydrogens is 363 g/mol. The molecule has 0 radical (unpaired) electrons. The summed E-state index contributed by atoms with van der Waals surface area (Å²) in [5.74, 6) is 0. The number of rotatable bonds is 2. The molecule has 4 nitrogen and oxygen atoms in total. The van der Waals surface area contributed by atoms with Gasteiger partial charge in [-0.1, -0.05) is 12.1 Å². The minimum absolute atomic E-state index is 0.121. The Bertz CT molecular complexity index is 553. The van der Waals surface area contributed by atoms with Crippen LogP contribution in [0.1, 0.15) is 12.8 Å². The fourth-order valence-corrected chi connectivity index (χ4v) is 5.73. The number of halogens is 1. The molecule has 3 aliphatic heterocycles. The average Bonchev–Trinajstić information content (AvgIpc) is 2.40. The highest BCUT2D eigenvalue weighted by molar-refractivity contribution is 14.1. The second kappa shape index (κ2) is 4.73. The van der Waals surface area contributed by atoms with E-state index in [0.717, 1.165) is 23.0 Å². The monoisotopic (exact) mass is 378 g/mol. The summed E-state index contributed by atoms with van der Waals surface area (Å²) in [6.45, 7) is 1.39. The standard InChI is InChI=1S/C12H15IN2O2S/c13-11-3-1-2-4-12(11)18(16,17)15-8-9-5-6-10(15)7-14-9/h1-4,9-10,14H,5-8H2. The molecule has 0 amide bonds. The Labute approximate surface area is 121 Å². The van der Waals surface area contributed by atoms with Crippen molar-refractivity contribution in [3.63, 3.8) is 0 Å². The molecule has 3 aliphatic rings. The molecule has 4 rings (SSSR count). The number of hydrogen-bond acceptors (Lipinski definition) is 3. The van der Waals surface area contributed by atoms with Crippen LogP contribution < -0.4 is 5.32 Å². The van der Waals surface area contributed by atoms with Crippen molar-refractivity contribution in [2.45, 2.75) is 29.8 Å². The second-order valence-corrected chi connectivity index (χ2v) is 7.86. The van der Waals surface area contributed by atoms with Crippen molar-refractivity contribution in [2.24, 2.45) is 0 Å². The molecule has 0 aromatic heterocycles. The van der Waals surface area contributed by atoms with Gasteiger partial charge in [-0.25, -0.2) is 8.42 Å². The van der Waals surface area contributed by atoms with Crippen LogP contribution in [0.25, 0.3) is 0 Å². The summed E-state index contributed by atoms with van der Waals surface area (Å²) in [5.41, 5.74) is 0. The van der Waals surface area contributed by atoms with Crippen LogP contribution in [0.2, 0.25) is 0 Å². The van der Waals surface area contributed by atoms with Crippen LogP contribution in [0.15, 0.2) is 29.2 Å². The minimum atomic E-state index is -3.34. The molecule has 2 atom stereocenters. The lowest BCUT2D eigenvalue weighted by Gasteiger charge is -2.44. The Balaban J connectivity index is 1.98. The lowest BCUT2D eigenvalue weighted by Crippen LogP contribution is -2.62. The summed E-state index contributed by atoms with van der Waals surface area (Å²) in [7, 11) is -3.34. The molecule has 2 bridgehead atoms. The highest BCUT2D eigenvalue weighted by Crippen LogP contribution is 2.30. The number of piperidine rings is 2. The van der Waals surface area contributed by atoms with E-state index in [1.807, 2.05) is 12.1 Å². The van der Waals surface area contributed by atoms with Crippen LogP contribution in [0, 0.1) is 3.57 Å². The maximum atomic E-state index is 12.7. The van der Waals surface area contributed by atoms with E-state index in [2.05, 4.69) is 27.9 Å². The van der Waals surface area contributed by atoms with Crippen molar-refractivity contribution >= 4 is 32.6 Å². The Hall–Kier alpha value is -0.180. The predicted octanol–water partition coefficient (Wildman–Crippen LogP) is 1.42. The fraction of sp³-hybridized carbons (Fsp3) is 0.500. The number of sulfonamides is 1. The van der Waals surface area contributed by atoms with Crippen molar-refractivity contribution in [1.82, 2.24) is 9.62 Å². The molecule has 1 aromatic rings. The Kier molecular flexibility index (Phi) is 3.38. The van der Waals surface area contributed by atoms with E-state index in [1.165, 1.54) is 0 Å². The minimum Gasteiger partial charge on any atom is -0.311 e. The Morgan fingerprint density at radius 2 is 2.06 bits per heavy atom. The van der Waals surface area contributed by atoms with E-state index < -0.39 is 10.0 Å². The number of fused-ring (bicyclic) bond motifs is 3. The maximum Gasteiger partial charge on any atom is 0.244 e. The number of nitrogens with one attached hydrogen (secondary N) is 1. The van der Waals surface area contributed by atoms with E-state index in [4.69, 9.17) is 0 Å². The molecule has 0 spiro atoms. The Morgan fingerprint density at radius 3 is 2.61 bits per heavy atom. The molecule has 1 aromatic carbocycles. The zero-order chi connectivity index (χ0) is 12.8. The number of hydrogen-bond donors (Lipinski definition) is 1. The largest absolute Gasteiger partial charge is 0.311 e. The van der Waals surface area contributed by atoms with E-state index in [0.29, 0.717) is 17.5 Å². The summed E-state index contributed by atoms with van der Waals surface area (Å²) in [4.78, 5) is 0.443. The van der Waals surface area contributed by atoms with Crippen LogP contribution in [0.5, 0.6) is 0 Å². The van der Waals surface area contributed by atoms with Gasteiger partial charge >= 0.3 is 0 Å². The molecule has 3 heterocycles. The van der Waals surface area contributed by atoms with E-state index in [1.54, 1.807) is 16.4 Å². The van der Waals surface area contributed by atoms with Crippen molar-refractivity contribution in [3.05, 3.63) is 27.8 Å². The zero-order valence-corrected chi connectivity index (χ0v) is 12.8. The summed E-state index contributed by atoms with van der Waals surface area (Å²) < 4.78 is 27.9. The average molecular weight is 378 g/mol. The summed E-state index contributed by atoms with van der Waals surface area (Å²) in [6.07, 6.45) is 2.06. The van der Waals surface area contributed by atoms with Gasteiger partial charge in [0.15, 0.2) is 0 Å². The quantitative estimate of drug-likeness (QED) is 0.792. The lowest BCUT2D eigenvalue weighted by atomic mass is 9.96. The first kappa shape index (κ1) is 12.8. The summed E-state index contributed by atoms with van der Waals surface area (Å²) in [5, 5.41) is 3.38. The lowest BCUT2D eigenvalue weighted by molar-refractivity contribution is 0.152. The first-order valence-corrected chi connectivity index (χ1v) is 8.60. The van der Waals surface area contributed by atoms with Gasteiger partial charge < -0.3 is 5.32 Å². The second-order valence-electron chi connectivity index (χ2n) is 4.84. The molecule has 1 N–H and O–H groups in total. The molecule has 3 fully saturated rings. The topological polar surface area (TPSA) is 49.4 Å². The number of benzene rings is 1. The molecule has 0 saturated carbocycles. The Morgan fingerprint density at radius 1 is 1.28 bits per heavy atom. The van der Waals surface area contributed by atoms with Crippen molar-refractivity contribution in [2.75, 3.05) is 13.1 Å². The highest BCUT2D eigenvalue weighted by atomic mass is 127. The molecule has 3 saturated heterocycles. The molecule has 98 valence electrons. The molecule has 18 heavy (non-hydrogen) atoms. The van der Waals surface area contributed by atoms with E-state index >= 15 is 0 Å². The number of piperazine rings is 1. The van der Waals surface area contributed by atoms with Gasteiger partial charge in [0, 0.05) is 28.7 Å². The van der Waals surface area contributed by atoms with Gasteiger partial charge in [0.1, 0.15) is 0 Å². The zero-order valence-electron chi connectivity index (χ0n) is 9.84. The van der Waals surface area contributed by atoms with Crippen LogP contribution >= 0.6 is 22.6 Å². The fourth-order valence-electron chi connectivity index (χ4n) is 2.74. The van der Waals surface area contributed by atoms with E-state index in [-0.39, 0.29) is 6.04 Å². The third kappa shape index (κ3) is 2.09. The molecule has 6 heteroatoms. The first-order valence-electron chi connectivity index (χ1n) is 6.09. The van der Waals surface area contributed by atoms with Crippen molar-refractivity contribution < 1.29 is 8.42 Å². The van der Waals surface area contributed by atoms with Gasteiger partial charge in [-0.15, -0.1) is 0 Å². The van der Waals surface area contributed by atoms with Crippen LogP contribution in [-0.4, -0.2) is 37.9 Å². The van der Waals surface area contributed by atoms with Gasteiger partial charge in [-0.05, 0) is 47.6 Å². The van der Waals surface area contributed by atoms with Gasteiger partial charge in [0.05, 0.1) is 4.90 Å². The smallest absolute Gasteiger partial charge is 0.244 e. The molecular formula is C12H15IN2O2S. The van der Waals surface area contributed by atoms with Gasteiger partial charge in [-0.3, -0.25) is 0 Å². The predicted molar refractivity (Wildman–Crippen MR) is 77.9 cm³/mol. The number of nitrogens with zero attached hydrogens (tertiary/aromatic N) is 1. The highest BCUT2D eigenvalue weighted by Gasteiger charge is 2.41. The van der Waals surface area contributed by atoms with Crippen molar-refractivity contribution in [3.8, 4) is 0 Å². The van der Waals surface area contributed by atoms with Gasteiger partial charge in [0.2, 0.25) is 10.0 Å². The van der Waals surface area contributed by atoms with Crippen molar-refractivity contribution in [1.29, 1.82) is 0 Å². The van der Waals surface area contributed by atoms with Crippen LogP contribution in [0.4, 0.5) is 0 Å². The van der Waals surface area contributed by atoms with Crippen LogP contribution in [-0.2, 0) is 10.0 Å². The van der Waals surface area contributed by atoms with Gasteiger partial charge in [0.25, 0.3) is 0 Å². The normalized spacial score (nSPS) is 28.5. The third-order valence-corrected chi connectivity index (χ3v) is 7.00.